The van der Waals surface area contributed by atoms with Crippen LogP contribution in [0.15, 0.2) is 0 Å². The molecule has 1 fully saturated rings. The SMILES string of the molecule is CC1SCCSC1C(NN)C(C)(C)C. The van der Waals surface area contributed by atoms with Crippen molar-refractivity contribution >= 4 is 23.5 Å². The minimum absolute atomic E-state index is 0.235. The van der Waals surface area contributed by atoms with Gasteiger partial charge in [0.15, 0.2) is 0 Å². The van der Waals surface area contributed by atoms with E-state index in [0.29, 0.717) is 16.5 Å². The Balaban J connectivity index is 2.67. The fourth-order valence-electron chi connectivity index (χ4n) is 1.85. The van der Waals surface area contributed by atoms with Crippen LogP contribution in [0.1, 0.15) is 27.7 Å². The molecule has 0 radical (unpaired) electrons. The van der Waals surface area contributed by atoms with Crippen LogP contribution in [0.3, 0.4) is 0 Å². The Morgan fingerprint density at radius 3 is 2.29 bits per heavy atom. The van der Waals surface area contributed by atoms with Gasteiger partial charge in [0.1, 0.15) is 0 Å². The van der Waals surface area contributed by atoms with Crippen LogP contribution in [-0.4, -0.2) is 28.0 Å². The molecular formula is C10H22N2S2. The second kappa shape index (κ2) is 5.10. The van der Waals surface area contributed by atoms with Gasteiger partial charge in [-0.25, -0.2) is 0 Å². The van der Waals surface area contributed by atoms with E-state index in [-0.39, 0.29) is 5.41 Å². The van der Waals surface area contributed by atoms with Gasteiger partial charge in [-0.05, 0) is 5.41 Å². The van der Waals surface area contributed by atoms with Gasteiger partial charge in [0, 0.05) is 28.0 Å². The normalized spacial score (nSPS) is 31.5. The smallest absolute Gasteiger partial charge is 0.0388 e. The minimum Gasteiger partial charge on any atom is -0.271 e. The highest BCUT2D eigenvalue weighted by Gasteiger charge is 2.36. The highest BCUT2D eigenvalue weighted by atomic mass is 32.2. The van der Waals surface area contributed by atoms with Crippen molar-refractivity contribution in [2.24, 2.45) is 11.3 Å². The monoisotopic (exact) mass is 234 g/mol. The summed E-state index contributed by atoms with van der Waals surface area (Å²) in [7, 11) is 0. The zero-order valence-corrected chi connectivity index (χ0v) is 11.2. The lowest BCUT2D eigenvalue weighted by atomic mass is 9.84. The maximum absolute atomic E-state index is 5.68. The quantitative estimate of drug-likeness (QED) is 0.567. The molecule has 2 nitrogen and oxygen atoms in total. The van der Waals surface area contributed by atoms with Crippen LogP contribution in [0.2, 0.25) is 0 Å². The van der Waals surface area contributed by atoms with Crippen molar-refractivity contribution in [3.05, 3.63) is 0 Å². The molecule has 0 amide bonds. The summed E-state index contributed by atoms with van der Waals surface area (Å²) >= 11 is 4.14. The molecule has 4 heteroatoms. The van der Waals surface area contributed by atoms with Gasteiger partial charge in [-0.1, -0.05) is 27.7 Å². The topological polar surface area (TPSA) is 38.0 Å². The summed E-state index contributed by atoms with van der Waals surface area (Å²) in [5, 5.41) is 1.34. The van der Waals surface area contributed by atoms with Crippen LogP contribution in [0, 0.1) is 5.41 Å². The van der Waals surface area contributed by atoms with Crippen molar-refractivity contribution in [1.29, 1.82) is 0 Å². The number of hydrogen-bond donors (Lipinski definition) is 2. The lowest BCUT2D eigenvalue weighted by Gasteiger charge is -2.41. The third-order valence-electron chi connectivity index (χ3n) is 2.68. The van der Waals surface area contributed by atoms with Gasteiger partial charge in [0.2, 0.25) is 0 Å². The Labute approximate surface area is 96.1 Å². The lowest BCUT2D eigenvalue weighted by molar-refractivity contribution is 0.263. The molecule has 0 saturated carbocycles. The van der Waals surface area contributed by atoms with E-state index in [1.54, 1.807) is 0 Å². The first-order valence-corrected chi connectivity index (χ1v) is 7.26. The fourth-order valence-corrected chi connectivity index (χ4v) is 5.04. The van der Waals surface area contributed by atoms with E-state index in [1.165, 1.54) is 11.5 Å². The van der Waals surface area contributed by atoms with Crippen molar-refractivity contribution in [1.82, 2.24) is 5.43 Å². The molecule has 14 heavy (non-hydrogen) atoms. The molecule has 0 aliphatic carbocycles. The van der Waals surface area contributed by atoms with Crippen LogP contribution < -0.4 is 11.3 Å². The Bertz CT molecular complexity index is 179. The van der Waals surface area contributed by atoms with Gasteiger partial charge in [0.25, 0.3) is 0 Å². The summed E-state index contributed by atoms with van der Waals surface area (Å²) in [6, 6.07) is 0.398. The molecule has 0 spiro atoms. The molecule has 3 atom stereocenters. The van der Waals surface area contributed by atoms with E-state index < -0.39 is 0 Å². The Morgan fingerprint density at radius 1 is 1.29 bits per heavy atom. The molecule has 1 aliphatic rings. The van der Waals surface area contributed by atoms with E-state index in [9.17, 15) is 0 Å². The fraction of sp³-hybridized carbons (Fsp3) is 1.00. The van der Waals surface area contributed by atoms with Crippen LogP contribution in [0.5, 0.6) is 0 Å². The molecule has 0 aromatic heterocycles. The molecule has 84 valence electrons. The zero-order valence-electron chi connectivity index (χ0n) is 9.54. The molecule has 0 bridgehead atoms. The average molecular weight is 234 g/mol. The second-order valence-corrected chi connectivity index (χ2v) is 7.69. The van der Waals surface area contributed by atoms with Crippen molar-refractivity contribution in [3.63, 3.8) is 0 Å². The van der Waals surface area contributed by atoms with Gasteiger partial charge >= 0.3 is 0 Å². The molecule has 3 unspecified atom stereocenters. The number of nitrogens with two attached hydrogens (primary N) is 1. The van der Waals surface area contributed by atoms with Crippen LogP contribution in [0.4, 0.5) is 0 Å². The number of rotatable bonds is 2. The molecule has 1 heterocycles. The first kappa shape index (κ1) is 12.7. The van der Waals surface area contributed by atoms with Gasteiger partial charge in [0.05, 0.1) is 0 Å². The summed E-state index contributed by atoms with van der Waals surface area (Å²) in [5.74, 6) is 8.22. The van der Waals surface area contributed by atoms with Gasteiger partial charge in [-0.2, -0.15) is 23.5 Å². The maximum Gasteiger partial charge on any atom is 0.0388 e. The highest BCUT2D eigenvalue weighted by Crippen LogP contribution is 2.37. The number of hydrogen-bond acceptors (Lipinski definition) is 4. The molecule has 0 aromatic rings. The Hall–Kier alpha value is 0.620. The average Bonchev–Trinajstić information content (AvgIpc) is 2.07. The summed E-state index contributed by atoms with van der Waals surface area (Å²) in [5.41, 5.74) is 3.24. The zero-order chi connectivity index (χ0) is 10.8. The Morgan fingerprint density at radius 2 is 1.86 bits per heavy atom. The van der Waals surface area contributed by atoms with Gasteiger partial charge in [-0.3, -0.25) is 11.3 Å². The number of thioether (sulfide) groups is 2. The minimum atomic E-state index is 0.235. The first-order valence-electron chi connectivity index (χ1n) is 5.16. The van der Waals surface area contributed by atoms with Gasteiger partial charge in [-0.15, -0.1) is 0 Å². The van der Waals surface area contributed by atoms with Crippen LogP contribution in [0.25, 0.3) is 0 Å². The standard InChI is InChI=1S/C10H22N2S2/c1-7-8(14-6-5-13-7)9(12-11)10(2,3)4/h7-9,12H,5-6,11H2,1-4H3. The van der Waals surface area contributed by atoms with Crippen molar-refractivity contribution < 1.29 is 0 Å². The number of nitrogens with one attached hydrogen (secondary N) is 1. The third-order valence-corrected chi connectivity index (χ3v) is 5.87. The predicted molar refractivity (Wildman–Crippen MR) is 68.7 cm³/mol. The van der Waals surface area contributed by atoms with E-state index in [1.807, 2.05) is 0 Å². The largest absolute Gasteiger partial charge is 0.271 e. The van der Waals surface area contributed by atoms with Crippen molar-refractivity contribution in [2.45, 2.75) is 44.2 Å². The van der Waals surface area contributed by atoms with E-state index in [2.05, 4.69) is 56.6 Å². The highest BCUT2D eigenvalue weighted by molar-refractivity contribution is 8.07. The van der Waals surface area contributed by atoms with E-state index in [0.717, 1.165) is 0 Å². The third kappa shape index (κ3) is 3.05. The molecule has 1 saturated heterocycles. The number of hydrazine groups is 1. The summed E-state index contributed by atoms with van der Waals surface area (Å²) in [6.07, 6.45) is 0. The molecule has 0 aromatic carbocycles. The molecular weight excluding hydrogens is 212 g/mol. The van der Waals surface area contributed by atoms with Crippen molar-refractivity contribution in [3.8, 4) is 0 Å². The Kier molecular flexibility index (Phi) is 4.62. The summed E-state index contributed by atoms with van der Waals surface area (Å²) in [4.78, 5) is 0. The van der Waals surface area contributed by atoms with Gasteiger partial charge < -0.3 is 0 Å². The molecule has 1 rings (SSSR count). The van der Waals surface area contributed by atoms with Crippen LogP contribution >= 0.6 is 23.5 Å². The summed E-state index contributed by atoms with van der Waals surface area (Å²) < 4.78 is 0. The molecule has 3 N–H and O–H groups in total. The second-order valence-electron chi connectivity index (χ2n) is 4.92. The molecule has 1 aliphatic heterocycles. The van der Waals surface area contributed by atoms with E-state index >= 15 is 0 Å². The first-order chi connectivity index (χ1) is 6.46. The van der Waals surface area contributed by atoms with Crippen LogP contribution in [-0.2, 0) is 0 Å². The predicted octanol–water partition coefficient (Wildman–Crippen LogP) is 2.10. The van der Waals surface area contributed by atoms with Crippen molar-refractivity contribution in [2.75, 3.05) is 11.5 Å². The lowest BCUT2D eigenvalue weighted by Crippen LogP contribution is -2.54. The summed E-state index contributed by atoms with van der Waals surface area (Å²) in [6.45, 7) is 9.08. The van der Waals surface area contributed by atoms with E-state index in [4.69, 9.17) is 5.84 Å². The maximum atomic E-state index is 5.68.